The van der Waals surface area contributed by atoms with E-state index in [0.29, 0.717) is 36.0 Å². The van der Waals surface area contributed by atoms with Gasteiger partial charge >= 0.3 is 0 Å². The molecule has 178 valence electrons. The van der Waals surface area contributed by atoms with Gasteiger partial charge in [0.2, 0.25) is 5.91 Å². The highest BCUT2D eigenvalue weighted by Crippen LogP contribution is 2.36. The maximum Gasteiger partial charge on any atom is 0.251 e. The van der Waals surface area contributed by atoms with Crippen molar-refractivity contribution < 1.29 is 23.8 Å². The summed E-state index contributed by atoms with van der Waals surface area (Å²) in [6.45, 7) is 5.29. The van der Waals surface area contributed by atoms with Crippen LogP contribution in [0, 0.1) is 0 Å². The molecule has 2 aromatic rings. The van der Waals surface area contributed by atoms with Gasteiger partial charge in [-0.05, 0) is 71.2 Å². The zero-order chi connectivity index (χ0) is 24.1. The molecule has 0 aliphatic carbocycles. The number of ether oxygens (including phenoxy) is 3. The zero-order valence-electron chi connectivity index (χ0n) is 19.2. The third kappa shape index (κ3) is 8.76. The number of halogens is 1. The number of nitrogens with zero attached hydrogens (tertiary/aromatic N) is 1. The normalized spacial score (nSPS) is 10.7. The Kier molecular flexibility index (Phi) is 11.2. The van der Waals surface area contributed by atoms with E-state index in [-0.39, 0.29) is 24.8 Å². The van der Waals surface area contributed by atoms with Crippen LogP contribution in [0.4, 0.5) is 0 Å². The monoisotopic (exact) mass is 519 g/mol. The average molecular weight is 520 g/mol. The third-order valence-electron chi connectivity index (χ3n) is 4.47. The second-order valence-electron chi connectivity index (χ2n) is 6.99. The van der Waals surface area contributed by atoms with Crippen LogP contribution >= 0.6 is 15.9 Å². The fourth-order valence-corrected chi connectivity index (χ4v) is 3.33. The number of benzene rings is 2. The van der Waals surface area contributed by atoms with Gasteiger partial charge in [-0.15, -0.1) is 0 Å². The van der Waals surface area contributed by atoms with Crippen molar-refractivity contribution in [1.29, 1.82) is 0 Å². The fraction of sp³-hybridized carbons (Fsp3) is 0.375. The summed E-state index contributed by atoms with van der Waals surface area (Å²) in [7, 11) is 1.56. The first-order valence-corrected chi connectivity index (χ1v) is 11.6. The minimum absolute atomic E-state index is 0.0946. The Bertz CT molecular complexity index is 948. The van der Waals surface area contributed by atoms with E-state index in [4.69, 9.17) is 14.2 Å². The quantitative estimate of drug-likeness (QED) is 0.233. The molecule has 0 aliphatic heterocycles. The molecule has 0 unspecified atom stereocenters. The number of carbonyl (C=O) groups is 2. The minimum Gasteiger partial charge on any atom is -0.497 e. The molecule has 2 amide bonds. The van der Waals surface area contributed by atoms with Gasteiger partial charge in [0.25, 0.3) is 5.91 Å². The second kappa shape index (κ2) is 14.2. The van der Waals surface area contributed by atoms with Crippen molar-refractivity contribution in [2.75, 3.05) is 26.9 Å². The van der Waals surface area contributed by atoms with Crippen LogP contribution in [-0.2, 0) is 4.79 Å². The number of hydrazone groups is 1. The van der Waals surface area contributed by atoms with E-state index in [0.717, 1.165) is 22.9 Å². The lowest BCUT2D eigenvalue weighted by Crippen LogP contribution is -2.29. The molecule has 0 saturated carbocycles. The SMILES string of the molecule is CCCCOc1c(Br)cc(C=NNC(=O)CCNC(=O)c2ccc(OC)cc2)cc1OCC. The van der Waals surface area contributed by atoms with Crippen molar-refractivity contribution in [3.8, 4) is 17.2 Å². The molecule has 0 fully saturated rings. The Morgan fingerprint density at radius 2 is 1.88 bits per heavy atom. The summed E-state index contributed by atoms with van der Waals surface area (Å²) in [5.41, 5.74) is 3.69. The maximum absolute atomic E-state index is 12.1. The zero-order valence-corrected chi connectivity index (χ0v) is 20.7. The molecule has 2 aromatic carbocycles. The number of amides is 2. The highest BCUT2D eigenvalue weighted by molar-refractivity contribution is 9.10. The summed E-state index contributed by atoms with van der Waals surface area (Å²) in [5, 5.41) is 6.70. The van der Waals surface area contributed by atoms with Crippen LogP contribution in [0.15, 0.2) is 46.0 Å². The minimum atomic E-state index is -0.315. The van der Waals surface area contributed by atoms with Gasteiger partial charge in [0, 0.05) is 18.5 Å². The van der Waals surface area contributed by atoms with Crippen molar-refractivity contribution >= 4 is 34.0 Å². The smallest absolute Gasteiger partial charge is 0.251 e. The first-order valence-electron chi connectivity index (χ1n) is 10.8. The average Bonchev–Trinajstić information content (AvgIpc) is 2.81. The summed E-state index contributed by atoms with van der Waals surface area (Å²) >= 11 is 3.51. The van der Waals surface area contributed by atoms with Gasteiger partial charge in [-0.1, -0.05) is 13.3 Å². The van der Waals surface area contributed by atoms with Crippen LogP contribution in [0.1, 0.15) is 49.0 Å². The summed E-state index contributed by atoms with van der Waals surface area (Å²) in [6, 6.07) is 10.4. The van der Waals surface area contributed by atoms with Gasteiger partial charge < -0.3 is 19.5 Å². The van der Waals surface area contributed by atoms with Crippen LogP contribution in [0.5, 0.6) is 17.2 Å². The lowest BCUT2D eigenvalue weighted by Gasteiger charge is -2.14. The van der Waals surface area contributed by atoms with Crippen molar-refractivity contribution in [2.24, 2.45) is 5.10 Å². The van der Waals surface area contributed by atoms with Gasteiger partial charge in [-0.25, -0.2) is 5.43 Å². The van der Waals surface area contributed by atoms with Crippen LogP contribution < -0.4 is 25.0 Å². The molecule has 0 spiro atoms. The molecule has 0 radical (unpaired) electrons. The molecule has 2 rings (SSSR count). The van der Waals surface area contributed by atoms with Crippen LogP contribution in [0.25, 0.3) is 0 Å². The Hall–Kier alpha value is -3.07. The Labute approximate surface area is 202 Å². The number of nitrogens with one attached hydrogen (secondary N) is 2. The van der Waals surface area contributed by atoms with Crippen molar-refractivity contribution in [1.82, 2.24) is 10.7 Å². The van der Waals surface area contributed by atoms with Gasteiger partial charge in [0.1, 0.15) is 5.75 Å². The van der Waals surface area contributed by atoms with E-state index < -0.39 is 0 Å². The molecule has 0 bridgehead atoms. The number of carbonyl (C=O) groups excluding carboxylic acids is 2. The van der Waals surface area contributed by atoms with Gasteiger partial charge in [-0.2, -0.15) is 5.10 Å². The Morgan fingerprint density at radius 1 is 1.12 bits per heavy atom. The molecule has 33 heavy (non-hydrogen) atoms. The predicted octanol–water partition coefficient (Wildman–Crippen LogP) is 4.31. The molecule has 0 aliphatic rings. The number of unbranched alkanes of at least 4 members (excludes halogenated alkanes) is 1. The molecule has 0 aromatic heterocycles. The number of hydrogen-bond acceptors (Lipinski definition) is 6. The molecule has 0 saturated heterocycles. The lowest BCUT2D eigenvalue weighted by molar-refractivity contribution is -0.120. The summed E-state index contributed by atoms with van der Waals surface area (Å²) < 4.78 is 17.3. The van der Waals surface area contributed by atoms with E-state index in [1.165, 1.54) is 6.21 Å². The molecule has 8 nitrogen and oxygen atoms in total. The van der Waals surface area contributed by atoms with E-state index in [2.05, 4.69) is 38.7 Å². The van der Waals surface area contributed by atoms with Gasteiger partial charge in [-0.3, -0.25) is 9.59 Å². The van der Waals surface area contributed by atoms with E-state index >= 15 is 0 Å². The van der Waals surface area contributed by atoms with E-state index in [9.17, 15) is 9.59 Å². The fourth-order valence-electron chi connectivity index (χ4n) is 2.75. The highest BCUT2D eigenvalue weighted by atomic mass is 79.9. The Balaban J connectivity index is 1.85. The summed E-state index contributed by atoms with van der Waals surface area (Å²) in [5.74, 6) is 1.35. The third-order valence-corrected chi connectivity index (χ3v) is 5.06. The number of rotatable bonds is 13. The Morgan fingerprint density at radius 3 is 2.55 bits per heavy atom. The van der Waals surface area contributed by atoms with Crippen LogP contribution in [0.3, 0.4) is 0 Å². The largest absolute Gasteiger partial charge is 0.497 e. The highest BCUT2D eigenvalue weighted by Gasteiger charge is 2.12. The van der Waals surface area contributed by atoms with Crippen LogP contribution in [-0.4, -0.2) is 44.9 Å². The van der Waals surface area contributed by atoms with Gasteiger partial charge in [0.05, 0.1) is 31.0 Å². The van der Waals surface area contributed by atoms with Gasteiger partial charge in [0.15, 0.2) is 11.5 Å². The molecule has 0 heterocycles. The summed E-state index contributed by atoms with van der Waals surface area (Å²) in [6.07, 6.45) is 3.61. The van der Waals surface area contributed by atoms with Crippen LogP contribution in [0.2, 0.25) is 0 Å². The standard InChI is InChI=1S/C24H30BrN3O5/c1-4-6-13-33-23-20(25)14-17(15-21(23)32-5-2)16-27-28-22(29)11-12-26-24(30)18-7-9-19(31-3)10-8-18/h7-10,14-16H,4-6,11-13H2,1-3H3,(H,26,30)(H,28,29). The van der Waals surface area contributed by atoms with Crippen molar-refractivity contribution in [3.05, 3.63) is 52.0 Å². The topological polar surface area (TPSA) is 98.2 Å². The number of hydrogen-bond donors (Lipinski definition) is 2. The predicted molar refractivity (Wildman–Crippen MR) is 131 cm³/mol. The molecule has 0 atom stereocenters. The van der Waals surface area contributed by atoms with E-state index in [1.54, 1.807) is 37.4 Å². The maximum atomic E-state index is 12.1. The van der Waals surface area contributed by atoms with E-state index in [1.807, 2.05) is 13.0 Å². The lowest BCUT2D eigenvalue weighted by atomic mass is 10.2. The first kappa shape index (κ1) is 26.2. The first-order chi connectivity index (χ1) is 16.0. The second-order valence-corrected chi connectivity index (χ2v) is 7.85. The molecule has 2 N–H and O–H groups in total. The summed E-state index contributed by atoms with van der Waals surface area (Å²) in [4.78, 5) is 24.1. The molecule has 9 heteroatoms. The molecular weight excluding hydrogens is 490 g/mol. The van der Waals surface area contributed by atoms with Crippen molar-refractivity contribution in [2.45, 2.75) is 33.1 Å². The van der Waals surface area contributed by atoms with Crippen molar-refractivity contribution in [3.63, 3.8) is 0 Å². The number of methoxy groups -OCH3 is 1. The molecular formula is C24H30BrN3O5.